The van der Waals surface area contributed by atoms with Crippen LogP contribution in [0.3, 0.4) is 0 Å². The van der Waals surface area contributed by atoms with Gasteiger partial charge in [-0.2, -0.15) is 0 Å². The minimum absolute atomic E-state index is 0.0205. The number of halogens is 1. The summed E-state index contributed by atoms with van der Waals surface area (Å²) in [7, 11) is 0. The Morgan fingerprint density at radius 3 is 2.90 bits per heavy atom. The Bertz CT molecular complexity index is 684. The molecule has 0 atom stereocenters. The van der Waals surface area contributed by atoms with Gasteiger partial charge in [-0.3, -0.25) is 4.79 Å². The van der Waals surface area contributed by atoms with E-state index in [0.717, 1.165) is 28.8 Å². The van der Waals surface area contributed by atoms with Crippen molar-refractivity contribution in [3.8, 4) is 0 Å². The Kier molecular flexibility index (Phi) is 4.31. The number of fused-ring (bicyclic) bond motifs is 1. The zero-order valence-corrected chi connectivity index (χ0v) is 13.4. The molecule has 21 heavy (non-hydrogen) atoms. The largest absolute Gasteiger partial charge is 0.306 e. The molecular formula is C15H16ClN3OS. The second-order valence-electron chi connectivity index (χ2n) is 5.16. The van der Waals surface area contributed by atoms with E-state index in [1.54, 1.807) is 17.8 Å². The van der Waals surface area contributed by atoms with E-state index < -0.39 is 0 Å². The van der Waals surface area contributed by atoms with E-state index >= 15 is 0 Å². The average Bonchev–Trinajstić information content (AvgIpc) is 2.68. The maximum Gasteiger partial charge on any atom is 0.196 e. The molecule has 0 saturated carbocycles. The van der Waals surface area contributed by atoms with Gasteiger partial charge in [0.1, 0.15) is 5.82 Å². The third kappa shape index (κ3) is 3.14. The van der Waals surface area contributed by atoms with E-state index in [0.29, 0.717) is 10.6 Å². The van der Waals surface area contributed by atoms with Crippen molar-refractivity contribution in [3.05, 3.63) is 34.6 Å². The lowest BCUT2D eigenvalue weighted by Crippen LogP contribution is -2.02. The molecule has 0 amide bonds. The number of ketones is 1. The fourth-order valence-electron chi connectivity index (χ4n) is 2.48. The van der Waals surface area contributed by atoms with Gasteiger partial charge < -0.3 is 4.57 Å². The summed E-state index contributed by atoms with van der Waals surface area (Å²) in [5.41, 5.74) is 0.557. The zero-order valence-electron chi connectivity index (χ0n) is 11.8. The minimum atomic E-state index is -0.0205. The van der Waals surface area contributed by atoms with Gasteiger partial charge in [-0.05, 0) is 49.7 Å². The molecule has 0 unspecified atom stereocenters. The van der Waals surface area contributed by atoms with Crippen molar-refractivity contribution in [1.82, 2.24) is 14.8 Å². The summed E-state index contributed by atoms with van der Waals surface area (Å²) in [6.45, 7) is 2.50. The number of aryl methyl sites for hydroxylation is 1. The molecular weight excluding hydrogens is 306 g/mol. The highest BCUT2D eigenvalue weighted by molar-refractivity contribution is 7.99. The first-order valence-electron chi connectivity index (χ1n) is 7.05. The highest BCUT2D eigenvalue weighted by Gasteiger charge is 2.16. The molecule has 1 aliphatic heterocycles. The van der Waals surface area contributed by atoms with Gasteiger partial charge in [0.15, 0.2) is 10.9 Å². The molecule has 1 aromatic heterocycles. The molecule has 0 radical (unpaired) electrons. The molecule has 0 aliphatic carbocycles. The van der Waals surface area contributed by atoms with Crippen molar-refractivity contribution in [1.29, 1.82) is 0 Å². The first-order valence-corrected chi connectivity index (χ1v) is 8.25. The molecule has 2 aromatic rings. The molecule has 0 fully saturated rings. The Labute approximate surface area is 132 Å². The summed E-state index contributed by atoms with van der Waals surface area (Å²) in [5, 5.41) is 9.96. The Morgan fingerprint density at radius 1 is 1.29 bits per heavy atom. The summed E-state index contributed by atoms with van der Waals surface area (Å²) in [6, 6.07) is 5.50. The van der Waals surface area contributed by atoms with Crippen LogP contribution < -0.4 is 0 Å². The van der Waals surface area contributed by atoms with Crippen molar-refractivity contribution in [3.63, 3.8) is 0 Å². The lowest BCUT2D eigenvalue weighted by Gasteiger charge is -2.07. The molecule has 6 heteroatoms. The van der Waals surface area contributed by atoms with Gasteiger partial charge in [-0.15, -0.1) is 10.2 Å². The van der Waals surface area contributed by atoms with Gasteiger partial charge in [0, 0.05) is 23.4 Å². The summed E-state index contributed by atoms with van der Waals surface area (Å²) in [4.78, 5) is 12.4. The molecule has 0 bridgehead atoms. The topological polar surface area (TPSA) is 47.8 Å². The quantitative estimate of drug-likeness (QED) is 0.801. The molecule has 2 heterocycles. The van der Waals surface area contributed by atoms with Crippen LogP contribution in [0.1, 0.15) is 42.4 Å². The highest BCUT2D eigenvalue weighted by Crippen LogP contribution is 2.31. The van der Waals surface area contributed by atoms with Gasteiger partial charge in [0.25, 0.3) is 0 Å². The second-order valence-corrected chi connectivity index (χ2v) is 6.61. The lowest BCUT2D eigenvalue weighted by atomic mass is 10.1. The molecule has 4 nitrogen and oxygen atoms in total. The summed E-state index contributed by atoms with van der Waals surface area (Å²) < 4.78 is 2.20. The van der Waals surface area contributed by atoms with E-state index in [2.05, 4.69) is 14.8 Å². The number of nitrogens with zero attached hydrogens (tertiary/aromatic N) is 3. The third-order valence-corrected chi connectivity index (χ3v) is 4.89. The van der Waals surface area contributed by atoms with Crippen LogP contribution in [0.4, 0.5) is 0 Å². The molecule has 1 aromatic carbocycles. The number of hydrogen-bond acceptors (Lipinski definition) is 4. The fourth-order valence-corrected chi connectivity index (χ4v) is 3.77. The number of Topliss-reactive ketones (excluding diaryl/α,β-unsaturated/α-hetero) is 1. The van der Waals surface area contributed by atoms with Crippen LogP contribution in [-0.2, 0) is 13.0 Å². The number of hydrogen-bond donors (Lipinski definition) is 0. The van der Waals surface area contributed by atoms with Gasteiger partial charge in [-0.25, -0.2) is 0 Å². The Balaban J connectivity index is 1.86. The van der Waals surface area contributed by atoms with Crippen LogP contribution >= 0.6 is 23.4 Å². The molecule has 0 N–H and O–H groups in total. The fraction of sp³-hybridized carbons (Fsp3) is 0.400. The van der Waals surface area contributed by atoms with Crippen LogP contribution in [0.25, 0.3) is 0 Å². The van der Waals surface area contributed by atoms with Crippen molar-refractivity contribution in [2.75, 3.05) is 0 Å². The third-order valence-electron chi connectivity index (χ3n) is 3.60. The average molecular weight is 322 g/mol. The van der Waals surface area contributed by atoms with Crippen LogP contribution in [-0.4, -0.2) is 20.5 Å². The zero-order chi connectivity index (χ0) is 14.8. The van der Waals surface area contributed by atoms with Gasteiger partial charge in [0.2, 0.25) is 0 Å². The predicted molar refractivity (Wildman–Crippen MR) is 83.2 cm³/mol. The smallest absolute Gasteiger partial charge is 0.196 e. The van der Waals surface area contributed by atoms with Crippen molar-refractivity contribution in [2.24, 2.45) is 0 Å². The van der Waals surface area contributed by atoms with Crippen LogP contribution in [0.5, 0.6) is 0 Å². The number of carbonyl (C=O) groups is 1. The normalized spacial score (nSPS) is 14.6. The molecule has 1 aliphatic rings. The Hall–Kier alpha value is -1.33. The number of rotatable bonds is 3. The van der Waals surface area contributed by atoms with Crippen LogP contribution in [0.2, 0.25) is 5.02 Å². The van der Waals surface area contributed by atoms with Gasteiger partial charge in [-0.1, -0.05) is 18.0 Å². The van der Waals surface area contributed by atoms with Crippen molar-refractivity contribution < 1.29 is 4.79 Å². The van der Waals surface area contributed by atoms with E-state index in [-0.39, 0.29) is 5.78 Å². The first-order chi connectivity index (χ1) is 10.1. The highest BCUT2D eigenvalue weighted by atomic mass is 35.5. The standard InChI is InChI=1S/C15H16ClN3OS/c1-10(20)12-7-6-11(9-13(12)16)21-15-18-17-14-5-3-2-4-8-19(14)15/h6-7,9H,2-5,8H2,1H3. The summed E-state index contributed by atoms with van der Waals surface area (Å²) in [6.07, 6.45) is 4.59. The number of carbonyl (C=O) groups excluding carboxylic acids is 1. The van der Waals surface area contributed by atoms with Gasteiger partial charge in [0.05, 0.1) is 5.02 Å². The molecule has 0 spiro atoms. The molecule has 3 rings (SSSR count). The maximum atomic E-state index is 11.4. The monoisotopic (exact) mass is 321 g/mol. The van der Waals surface area contributed by atoms with Crippen LogP contribution in [0, 0.1) is 0 Å². The first kappa shape index (κ1) is 14.6. The van der Waals surface area contributed by atoms with Gasteiger partial charge >= 0.3 is 0 Å². The summed E-state index contributed by atoms with van der Waals surface area (Å²) in [5.74, 6) is 1.05. The van der Waals surface area contributed by atoms with E-state index in [1.807, 2.05) is 12.1 Å². The van der Waals surface area contributed by atoms with Crippen LogP contribution in [0.15, 0.2) is 28.3 Å². The molecule has 0 saturated heterocycles. The SMILES string of the molecule is CC(=O)c1ccc(Sc2nnc3n2CCCCC3)cc1Cl. The van der Waals surface area contributed by atoms with Crippen molar-refractivity contribution >= 4 is 29.1 Å². The van der Waals surface area contributed by atoms with E-state index in [9.17, 15) is 4.79 Å². The number of benzene rings is 1. The maximum absolute atomic E-state index is 11.4. The second kappa shape index (κ2) is 6.20. The lowest BCUT2D eigenvalue weighted by molar-refractivity contribution is 0.101. The van der Waals surface area contributed by atoms with E-state index in [1.165, 1.54) is 26.2 Å². The number of aromatic nitrogens is 3. The minimum Gasteiger partial charge on any atom is -0.306 e. The molecule has 110 valence electrons. The Morgan fingerprint density at radius 2 is 2.14 bits per heavy atom. The van der Waals surface area contributed by atoms with E-state index in [4.69, 9.17) is 11.6 Å². The van der Waals surface area contributed by atoms with Crippen molar-refractivity contribution in [2.45, 2.75) is 49.2 Å². The summed E-state index contributed by atoms with van der Waals surface area (Å²) >= 11 is 7.70. The predicted octanol–water partition coefficient (Wildman–Crippen LogP) is 4.01.